The summed E-state index contributed by atoms with van der Waals surface area (Å²) >= 11 is 0. The molecule has 17 heavy (non-hydrogen) atoms. The lowest BCUT2D eigenvalue weighted by atomic mass is 9.84. The maximum Gasteiger partial charge on any atom is 0.298 e. The number of benzene rings is 1. The van der Waals surface area contributed by atoms with Crippen molar-refractivity contribution in [3.63, 3.8) is 0 Å². The lowest BCUT2D eigenvalue weighted by Crippen LogP contribution is -2.24. The summed E-state index contributed by atoms with van der Waals surface area (Å²) in [5.41, 5.74) is -2.04. The molecule has 1 aromatic carbocycles. The number of hydrogen-bond acceptors (Lipinski definition) is 1. The molecule has 0 bridgehead atoms. The molecule has 0 aromatic heterocycles. The molecule has 0 atom stereocenters. The van der Waals surface area contributed by atoms with Crippen molar-refractivity contribution in [1.82, 2.24) is 0 Å². The maximum absolute atomic E-state index is 13.9. The minimum Gasteiger partial charge on any atom is -0.390 e. The van der Waals surface area contributed by atoms with E-state index in [2.05, 4.69) is 0 Å². The molecule has 0 fully saturated rings. The van der Waals surface area contributed by atoms with Gasteiger partial charge < -0.3 is 5.11 Å². The van der Waals surface area contributed by atoms with Crippen molar-refractivity contribution in [3.8, 4) is 0 Å². The van der Waals surface area contributed by atoms with Gasteiger partial charge in [0.1, 0.15) is 18.2 Å². The Kier molecular flexibility index (Phi) is 3.52. The van der Waals surface area contributed by atoms with E-state index in [9.17, 15) is 17.6 Å². The largest absolute Gasteiger partial charge is 0.390 e. The summed E-state index contributed by atoms with van der Waals surface area (Å²) in [5, 5.41) is 8.52. The molecule has 0 amide bonds. The van der Waals surface area contributed by atoms with Crippen LogP contribution in [0.15, 0.2) is 12.1 Å². The van der Waals surface area contributed by atoms with Crippen LogP contribution in [0.5, 0.6) is 0 Å². The van der Waals surface area contributed by atoms with E-state index in [1.165, 1.54) is 0 Å². The molecular weight excluding hydrogens is 236 g/mol. The van der Waals surface area contributed by atoms with Gasteiger partial charge in [0, 0.05) is 0 Å². The first-order valence-corrected chi connectivity index (χ1v) is 5.08. The lowest BCUT2D eigenvalue weighted by Gasteiger charge is -2.23. The standard InChI is InChI=1S/C12H14F4O/c1-11(2,3)8-4-7(13)5-9(10(8)14)12(15,16)6-17/h4-5,17H,6H2,1-3H3. The molecule has 0 saturated heterocycles. The van der Waals surface area contributed by atoms with E-state index in [1.807, 2.05) is 0 Å². The summed E-state index contributed by atoms with van der Waals surface area (Å²) in [4.78, 5) is 0. The summed E-state index contributed by atoms with van der Waals surface area (Å²) < 4.78 is 53.6. The third-order valence-electron chi connectivity index (χ3n) is 2.44. The summed E-state index contributed by atoms with van der Waals surface area (Å²) in [5.74, 6) is -5.90. The monoisotopic (exact) mass is 250 g/mol. The Hall–Kier alpha value is -1.10. The Morgan fingerprint density at radius 1 is 1.06 bits per heavy atom. The number of aliphatic hydroxyl groups excluding tert-OH is 1. The smallest absolute Gasteiger partial charge is 0.298 e. The first-order valence-electron chi connectivity index (χ1n) is 5.08. The van der Waals surface area contributed by atoms with E-state index in [-0.39, 0.29) is 5.56 Å². The first kappa shape index (κ1) is 14.0. The molecule has 1 rings (SSSR count). The van der Waals surface area contributed by atoms with Crippen LogP contribution in [0.2, 0.25) is 0 Å². The van der Waals surface area contributed by atoms with E-state index in [0.29, 0.717) is 6.07 Å². The molecule has 1 N–H and O–H groups in total. The molecule has 0 saturated carbocycles. The fourth-order valence-electron chi connectivity index (χ4n) is 1.49. The van der Waals surface area contributed by atoms with Crippen molar-refractivity contribution in [2.45, 2.75) is 32.1 Å². The van der Waals surface area contributed by atoms with Crippen molar-refractivity contribution in [2.75, 3.05) is 6.61 Å². The van der Waals surface area contributed by atoms with Crippen molar-refractivity contribution < 1.29 is 22.7 Å². The number of aliphatic hydroxyl groups is 1. The molecule has 1 nitrogen and oxygen atoms in total. The van der Waals surface area contributed by atoms with Crippen molar-refractivity contribution in [3.05, 3.63) is 34.9 Å². The molecule has 0 radical (unpaired) electrons. The van der Waals surface area contributed by atoms with Gasteiger partial charge in [0.15, 0.2) is 0 Å². The summed E-state index contributed by atoms with van der Waals surface area (Å²) in [6, 6.07) is 1.31. The van der Waals surface area contributed by atoms with Crippen molar-refractivity contribution in [1.29, 1.82) is 0 Å². The zero-order valence-corrected chi connectivity index (χ0v) is 9.82. The molecule has 96 valence electrons. The zero-order chi connectivity index (χ0) is 13.4. The van der Waals surface area contributed by atoms with Crippen LogP contribution in [0, 0.1) is 11.6 Å². The highest BCUT2D eigenvalue weighted by atomic mass is 19.3. The Labute approximate surface area is 97.1 Å². The minimum absolute atomic E-state index is 0.138. The third-order valence-corrected chi connectivity index (χ3v) is 2.44. The van der Waals surface area contributed by atoms with Crippen LogP contribution in [0.1, 0.15) is 31.9 Å². The van der Waals surface area contributed by atoms with Gasteiger partial charge >= 0.3 is 0 Å². The highest BCUT2D eigenvalue weighted by Gasteiger charge is 2.36. The quantitative estimate of drug-likeness (QED) is 0.798. The molecule has 0 spiro atoms. The van der Waals surface area contributed by atoms with Crippen LogP contribution in [0.4, 0.5) is 17.6 Å². The Balaban J connectivity index is 3.50. The van der Waals surface area contributed by atoms with E-state index in [1.54, 1.807) is 20.8 Å². The lowest BCUT2D eigenvalue weighted by molar-refractivity contribution is -0.0586. The van der Waals surface area contributed by atoms with Gasteiger partial charge in [0.25, 0.3) is 5.92 Å². The van der Waals surface area contributed by atoms with Gasteiger partial charge in [0.05, 0.1) is 5.56 Å². The van der Waals surface area contributed by atoms with E-state index in [0.717, 1.165) is 6.07 Å². The Morgan fingerprint density at radius 3 is 1.94 bits per heavy atom. The second-order valence-corrected chi connectivity index (χ2v) is 4.93. The van der Waals surface area contributed by atoms with Gasteiger partial charge in [-0.1, -0.05) is 20.8 Å². The van der Waals surface area contributed by atoms with E-state index < -0.39 is 35.1 Å². The third kappa shape index (κ3) is 2.77. The molecule has 5 heteroatoms. The fraction of sp³-hybridized carbons (Fsp3) is 0.500. The summed E-state index contributed by atoms with van der Waals surface area (Å²) in [6.45, 7) is 3.21. The molecule has 0 aliphatic rings. The van der Waals surface area contributed by atoms with Gasteiger partial charge in [-0.15, -0.1) is 0 Å². The molecule has 0 unspecified atom stereocenters. The summed E-state index contributed by atoms with van der Waals surface area (Å²) in [7, 11) is 0. The normalized spacial score (nSPS) is 12.9. The van der Waals surface area contributed by atoms with Gasteiger partial charge in [-0.25, -0.2) is 8.78 Å². The van der Waals surface area contributed by atoms with Gasteiger partial charge in [-0.05, 0) is 23.1 Å². The van der Waals surface area contributed by atoms with Crippen LogP contribution in [-0.4, -0.2) is 11.7 Å². The Morgan fingerprint density at radius 2 is 1.53 bits per heavy atom. The number of rotatable bonds is 2. The molecule has 0 heterocycles. The maximum atomic E-state index is 13.9. The topological polar surface area (TPSA) is 20.2 Å². The van der Waals surface area contributed by atoms with Crippen LogP contribution in [-0.2, 0) is 11.3 Å². The van der Waals surface area contributed by atoms with E-state index >= 15 is 0 Å². The van der Waals surface area contributed by atoms with Crippen LogP contribution in [0.25, 0.3) is 0 Å². The summed E-state index contributed by atoms with van der Waals surface area (Å²) in [6.07, 6.45) is 0. The van der Waals surface area contributed by atoms with Crippen molar-refractivity contribution in [2.24, 2.45) is 0 Å². The SMILES string of the molecule is CC(C)(C)c1cc(F)cc(C(F)(F)CO)c1F. The molecule has 1 aromatic rings. The molecule has 0 aliphatic heterocycles. The predicted octanol–water partition coefficient (Wildman–Crippen LogP) is 3.35. The number of alkyl halides is 2. The van der Waals surface area contributed by atoms with Crippen LogP contribution < -0.4 is 0 Å². The van der Waals surface area contributed by atoms with Gasteiger partial charge in [-0.2, -0.15) is 8.78 Å². The number of hydrogen-bond donors (Lipinski definition) is 1. The highest BCUT2D eigenvalue weighted by Crippen LogP contribution is 2.35. The first-order chi connectivity index (χ1) is 7.59. The number of halogens is 4. The van der Waals surface area contributed by atoms with Gasteiger partial charge in [0.2, 0.25) is 0 Å². The predicted molar refractivity (Wildman–Crippen MR) is 56.0 cm³/mol. The second-order valence-electron chi connectivity index (χ2n) is 4.93. The zero-order valence-electron chi connectivity index (χ0n) is 9.82. The Bertz CT molecular complexity index is 421. The van der Waals surface area contributed by atoms with Crippen molar-refractivity contribution >= 4 is 0 Å². The average Bonchev–Trinajstić information content (AvgIpc) is 2.19. The minimum atomic E-state index is -3.79. The average molecular weight is 250 g/mol. The highest BCUT2D eigenvalue weighted by molar-refractivity contribution is 5.34. The van der Waals surface area contributed by atoms with Gasteiger partial charge in [-0.3, -0.25) is 0 Å². The molecule has 0 aliphatic carbocycles. The fourth-order valence-corrected chi connectivity index (χ4v) is 1.49. The molecular formula is C12H14F4O. The van der Waals surface area contributed by atoms with E-state index in [4.69, 9.17) is 5.11 Å². The van der Waals surface area contributed by atoms with Crippen LogP contribution >= 0.6 is 0 Å². The second kappa shape index (κ2) is 4.29. The van der Waals surface area contributed by atoms with Crippen LogP contribution in [0.3, 0.4) is 0 Å².